The van der Waals surface area contributed by atoms with Crippen LogP contribution < -0.4 is 5.32 Å². The number of hydrogen-bond donors (Lipinski definition) is 1. The fourth-order valence-corrected chi connectivity index (χ4v) is 1.83. The molecule has 0 bridgehead atoms. The van der Waals surface area contributed by atoms with E-state index in [0.717, 1.165) is 5.69 Å². The van der Waals surface area contributed by atoms with Gasteiger partial charge in [-0.1, -0.05) is 0 Å². The van der Waals surface area contributed by atoms with Gasteiger partial charge in [-0.25, -0.2) is 9.37 Å². The summed E-state index contributed by atoms with van der Waals surface area (Å²) in [6.45, 7) is 1.84. The molecule has 2 rings (SSSR count). The number of hydrogen-bond acceptors (Lipinski definition) is 3. The zero-order chi connectivity index (χ0) is 13.1. The highest BCUT2D eigenvalue weighted by Gasteiger charge is 2.06. The maximum absolute atomic E-state index is 13.1. The fraction of sp³-hybridized carbons (Fsp3) is 0.0769. The van der Waals surface area contributed by atoms with Gasteiger partial charge in [0.25, 0.3) is 0 Å². The number of benzene rings is 1. The van der Waals surface area contributed by atoms with Crippen LogP contribution in [-0.4, -0.2) is 4.98 Å². The van der Waals surface area contributed by atoms with E-state index in [1.165, 1.54) is 6.07 Å². The summed E-state index contributed by atoms with van der Waals surface area (Å²) in [5.74, 6) is 0.134. The first-order valence-electron chi connectivity index (χ1n) is 5.20. The number of pyridine rings is 1. The third-order valence-corrected chi connectivity index (χ3v) is 2.94. The predicted octanol–water partition coefficient (Wildman–Crippen LogP) is 3.91. The van der Waals surface area contributed by atoms with Crippen LogP contribution >= 0.6 is 15.9 Å². The van der Waals surface area contributed by atoms with Crippen LogP contribution in [0.15, 0.2) is 34.8 Å². The van der Waals surface area contributed by atoms with E-state index in [1.54, 1.807) is 24.3 Å². The van der Waals surface area contributed by atoms with Crippen LogP contribution in [-0.2, 0) is 0 Å². The van der Waals surface area contributed by atoms with Crippen molar-refractivity contribution < 1.29 is 4.39 Å². The van der Waals surface area contributed by atoms with Gasteiger partial charge in [0.15, 0.2) is 0 Å². The van der Waals surface area contributed by atoms with E-state index in [2.05, 4.69) is 32.3 Å². The lowest BCUT2D eigenvalue weighted by atomic mass is 10.2. The normalized spacial score (nSPS) is 9.89. The topological polar surface area (TPSA) is 48.7 Å². The highest BCUT2D eigenvalue weighted by atomic mass is 79.9. The molecule has 0 atom stereocenters. The Bertz CT molecular complexity index is 635. The predicted molar refractivity (Wildman–Crippen MR) is 71.1 cm³/mol. The smallest absolute Gasteiger partial charge is 0.148 e. The van der Waals surface area contributed by atoms with Gasteiger partial charge >= 0.3 is 0 Å². The number of nitrogens with zero attached hydrogens (tertiary/aromatic N) is 2. The minimum Gasteiger partial charge on any atom is -0.339 e. The van der Waals surface area contributed by atoms with Crippen LogP contribution in [0.25, 0.3) is 0 Å². The van der Waals surface area contributed by atoms with Crippen LogP contribution in [0.5, 0.6) is 0 Å². The number of anilines is 2. The van der Waals surface area contributed by atoms with Gasteiger partial charge in [0.1, 0.15) is 17.7 Å². The summed E-state index contributed by atoms with van der Waals surface area (Å²) in [5, 5.41) is 12.0. The molecule has 0 unspecified atom stereocenters. The second kappa shape index (κ2) is 5.15. The molecular weight excluding hydrogens is 297 g/mol. The molecule has 18 heavy (non-hydrogen) atoms. The molecule has 0 aliphatic carbocycles. The molecule has 90 valence electrons. The molecule has 3 nitrogen and oxygen atoms in total. The molecule has 0 saturated heterocycles. The third-order valence-electron chi connectivity index (χ3n) is 2.34. The highest BCUT2D eigenvalue weighted by Crippen LogP contribution is 2.24. The summed E-state index contributed by atoms with van der Waals surface area (Å²) in [5.41, 5.74) is 1.91. The lowest BCUT2D eigenvalue weighted by molar-refractivity contribution is 0.621. The average Bonchev–Trinajstić information content (AvgIpc) is 2.34. The van der Waals surface area contributed by atoms with Crippen molar-refractivity contribution in [3.05, 3.63) is 51.9 Å². The van der Waals surface area contributed by atoms with Crippen LogP contribution in [0, 0.1) is 24.1 Å². The minimum atomic E-state index is -0.335. The van der Waals surface area contributed by atoms with Crippen molar-refractivity contribution in [2.75, 3.05) is 5.32 Å². The molecule has 0 aliphatic rings. The molecule has 2 aromatic rings. The summed E-state index contributed by atoms with van der Waals surface area (Å²) in [6, 6.07) is 10.1. The van der Waals surface area contributed by atoms with Crippen molar-refractivity contribution in [2.45, 2.75) is 6.92 Å². The van der Waals surface area contributed by atoms with Gasteiger partial charge in [-0.15, -0.1) is 0 Å². The Labute approximate surface area is 112 Å². The fourth-order valence-electron chi connectivity index (χ4n) is 1.45. The maximum atomic E-state index is 13.1. The van der Waals surface area contributed by atoms with Crippen LogP contribution in [0.3, 0.4) is 0 Å². The monoisotopic (exact) mass is 305 g/mol. The molecular formula is C13H9BrFN3. The van der Waals surface area contributed by atoms with E-state index in [4.69, 9.17) is 5.26 Å². The van der Waals surface area contributed by atoms with Crippen molar-refractivity contribution in [2.24, 2.45) is 0 Å². The Morgan fingerprint density at radius 3 is 2.78 bits per heavy atom. The zero-order valence-electron chi connectivity index (χ0n) is 9.54. The molecule has 0 fully saturated rings. The van der Waals surface area contributed by atoms with Gasteiger partial charge in [-0.3, -0.25) is 0 Å². The third kappa shape index (κ3) is 2.66. The van der Waals surface area contributed by atoms with Crippen molar-refractivity contribution in [3.8, 4) is 6.07 Å². The van der Waals surface area contributed by atoms with Crippen molar-refractivity contribution >= 4 is 27.4 Å². The quantitative estimate of drug-likeness (QED) is 0.915. The largest absolute Gasteiger partial charge is 0.339 e. The van der Waals surface area contributed by atoms with Crippen LogP contribution in [0.1, 0.15) is 11.3 Å². The van der Waals surface area contributed by atoms with Crippen molar-refractivity contribution in [3.63, 3.8) is 0 Å². The molecule has 1 N–H and O–H groups in total. The van der Waals surface area contributed by atoms with Crippen LogP contribution in [0.2, 0.25) is 0 Å². The Morgan fingerprint density at radius 1 is 1.33 bits per heavy atom. The molecule has 0 spiro atoms. The van der Waals surface area contributed by atoms with E-state index < -0.39 is 0 Å². The van der Waals surface area contributed by atoms with Gasteiger partial charge in [-0.05, 0) is 53.2 Å². The molecule has 5 heteroatoms. The van der Waals surface area contributed by atoms with Gasteiger partial charge in [0.05, 0.1) is 10.0 Å². The molecule has 1 aromatic carbocycles. The number of aryl methyl sites for hydroxylation is 1. The minimum absolute atomic E-state index is 0.335. The maximum Gasteiger partial charge on any atom is 0.148 e. The SMILES string of the molecule is Cc1ccc(C#N)c(Nc2ccc(F)c(Br)c2)n1. The van der Waals surface area contributed by atoms with Gasteiger partial charge in [0.2, 0.25) is 0 Å². The van der Waals surface area contributed by atoms with Gasteiger partial charge in [-0.2, -0.15) is 5.26 Å². The molecule has 0 amide bonds. The number of nitrogens with one attached hydrogen (secondary N) is 1. The lowest BCUT2D eigenvalue weighted by Gasteiger charge is -2.08. The number of aromatic nitrogens is 1. The molecule has 1 aromatic heterocycles. The first-order valence-corrected chi connectivity index (χ1v) is 5.99. The Balaban J connectivity index is 2.36. The second-order valence-electron chi connectivity index (χ2n) is 3.71. The molecule has 0 radical (unpaired) electrons. The highest BCUT2D eigenvalue weighted by molar-refractivity contribution is 9.10. The zero-order valence-corrected chi connectivity index (χ0v) is 11.1. The first-order chi connectivity index (χ1) is 8.60. The van der Waals surface area contributed by atoms with E-state index in [9.17, 15) is 4.39 Å². The molecule has 0 aliphatic heterocycles. The van der Waals surface area contributed by atoms with E-state index in [0.29, 0.717) is 21.5 Å². The first kappa shape index (κ1) is 12.5. The summed E-state index contributed by atoms with van der Waals surface area (Å²) in [6.07, 6.45) is 0. The average molecular weight is 306 g/mol. The molecule has 0 saturated carbocycles. The van der Waals surface area contributed by atoms with Crippen molar-refractivity contribution in [1.29, 1.82) is 5.26 Å². The molecule has 1 heterocycles. The standard InChI is InChI=1S/C13H9BrFN3/c1-8-2-3-9(7-16)13(17-8)18-10-4-5-12(15)11(14)6-10/h2-6H,1H3,(H,17,18). The Hall–Kier alpha value is -1.93. The lowest BCUT2D eigenvalue weighted by Crippen LogP contribution is -1.98. The van der Waals surface area contributed by atoms with Gasteiger partial charge < -0.3 is 5.32 Å². The summed E-state index contributed by atoms with van der Waals surface area (Å²) in [4.78, 5) is 4.25. The summed E-state index contributed by atoms with van der Waals surface area (Å²) >= 11 is 3.11. The Kier molecular flexibility index (Phi) is 3.58. The van der Waals surface area contributed by atoms with E-state index >= 15 is 0 Å². The van der Waals surface area contributed by atoms with Gasteiger partial charge in [0, 0.05) is 11.4 Å². The number of halogens is 2. The number of rotatable bonds is 2. The summed E-state index contributed by atoms with van der Waals surface area (Å²) < 4.78 is 13.5. The Morgan fingerprint density at radius 2 is 2.11 bits per heavy atom. The van der Waals surface area contributed by atoms with E-state index in [1.807, 2.05) is 6.92 Å². The summed E-state index contributed by atoms with van der Waals surface area (Å²) in [7, 11) is 0. The van der Waals surface area contributed by atoms with Crippen LogP contribution in [0.4, 0.5) is 15.9 Å². The van der Waals surface area contributed by atoms with E-state index in [-0.39, 0.29) is 5.82 Å². The second-order valence-corrected chi connectivity index (χ2v) is 4.57. The van der Waals surface area contributed by atoms with Crippen molar-refractivity contribution in [1.82, 2.24) is 4.98 Å². The number of nitriles is 1.